The monoisotopic (exact) mass is 340 g/mol. The molecule has 2 saturated heterocycles. The van der Waals surface area contributed by atoms with Crippen molar-refractivity contribution in [3.8, 4) is 0 Å². The smallest absolute Gasteiger partial charge is 0.775 e. The fraction of sp³-hybridized carbons (Fsp3) is 0.800. The summed E-state index contributed by atoms with van der Waals surface area (Å²) >= 11 is 0. The topological polar surface area (TPSA) is 150 Å². The van der Waals surface area contributed by atoms with Gasteiger partial charge in [0.25, 0.3) is 0 Å². The summed E-state index contributed by atoms with van der Waals surface area (Å²) in [4.78, 5) is 3.48. The fourth-order valence-electron chi connectivity index (χ4n) is 2.06. The summed E-state index contributed by atoms with van der Waals surface area (Å²) in [5.41, 5.74) is 0. The Hall–Kier alpha value is -1.77. The Bertz CT molecular complexity index is 341. The average Bonchev–Trinajstić information content (AvgIpc) is 3.14. The minimum Gasteiger partial charge on any atom is -0.775 e. The zero-order chi connectivity index (χ0) is 14.8. The van der Waals surface area contributed by atoms with E-state index in [0.29, 0.717) is 0 Å². The summed E-state index contributed by atoms with van der Waals surface area (Å²) in [5, 5.41) is 44.2. The zero-order valence-corrected chi connectivity index (χ0v) is 12.5. The van der Waals surface area contributed by atoms with E-state index in [0.717, 1.165) is 51.9 Å². The van der Waals surface area contributed by atoms with Crippen molar-refractivity contribution < 1.29 is 16.5 Å². The molecule has 0 aromatic rings. The van der Waals surface area contributed by atoms with Crippen LogP contribution in [0.3, 0.4) is 0 Å². The molecule has 2 heterocycles. The van der Waals surface area contributed by atoms with Crippen LogP contribution in [0.4, 0.5) is 0 Å². The van der Waals surface area contributed by atoms with Gasteiger partial charge in [-0.15, -0.1) is 10.2 Å². The Morgan fingerprint density at radius 3 is 1.24 bits per heavy atom. The van der Waals surface area contributed by atoms with Crippen LogP contribution in [-0.4, -0.2) is 47.9 Å². The van der Waals surface area contributed by atoms with Crippen LogP contribution in [0.1, 0.15) is 25.7 Å². The maximum absolute atomic E-state index is 9.59. The Balaban J connectivity index is 0.000000364. The van der Waals surface area contributed by atoms with E-state index in [2.05, 4.69) is 20.8 Å². The number of hydrogen-bond donors (Lipinski definition) is 2. The second-order valence-corrected chi connectivity index (χ2v) is 4.40. The minimum absolute atomic E-state index is 0. The third kappa shape index (κ3) is 6.98. The van der Waals surface area contributed by atoms with Crippen molar-refractivity contribution in [2.24, 2.45) is 20.8 Å². The molecule has 0 radical (unpaired) electrons. The molecule has 0 amide bonds. The molecule has 10 nitrogen and oxygen atoms in total. The minimum atomic E-state index is -0.00694. The summed E-state index contributed by atoms with van der Waals surface area (Å²) in [5.74, 6) is -0.0139. The third-order valence-corrected chi connectivity index (χ3v) is 3.08. The van der Waals surface area contributed by atoms with Crippen molar-refractivity contribution in [3.05, 3.63) is 10.4 Å². The van der Waals surface area contributed by atoms with E-state index in [1.807, 2.05) is 0 Å². The predicted octanol–water partition coefficient (Wildman–Crippen LogP) is 1.93. The van der Waals surface area contributed by atoms with Gasteiger partial charge in [0.15, 0.2) is 0 Å². The number of guanidine groups is 2. The maximum Gasteiger partial charge on any atom is 2.00 e. The molecule has 0 atom stereocenters. The van der Waals surface area contributed by atoms with Crippen molar-refractivity contribution in [1.29, 1.82) is 10.8 Å². The van der Waals surface area contributed by atoms with Crippen molar-refractivity contribution in [1.82, 2.24) is 9.80 Å². The van der Waals surface area contributed by atoms with Gasteiger partial charge in [0.2, 0.25) is 11.9 Å². The van der Waals surface area contributed by atoms with Crippen LogP contribution in [-0.2, 0) is 16.5 Å². The number of rotatable bonds is 0. The molecule has 2 aliphatic heterocycles. The summed E-state index contributed by atoms with van der Waals surface area (Å²) in [6.07, 6.45) is 4.32. The van der Waals surface area contributed by atoms with Gasteiger partial charge in [-0.3, -0.25) is 10.8 Å². The molecule has 0 spiro atoms. The summed E-state index contributed by atoms with van der Waals surface area (Å²) < 4.78 is 0. The van der Waals surface area contributed by atoms with Crippen molar-refractivity contribution >= 4 is 11.9 Å². The van der Waals surface area contributed by atoms with Crippen molar-refractivity contribution in [2.45, 2.75) is 25.7 Å². The first kappa shape index (κ1) is 19.2. The molecular formula is C10H18N8NiO2. The second-order valence-electron chi connectivity index (χ2n) is 4.40. The van der Waals surface area contributed by atoms with Crippen LogP contribution >= 0.6 is 0 Å². The van der Waals surface area contributed by atoms with E-state index < -0.39 is 0 Å². The van der Waals surface area contributed by atoms with Gasteiger partial charge in [0.1, 0.15) is 0 Å². The van der Waals surface area contributed by atoms with Crippen LogP contribution in [0.25, 0.3) is 0 Å². The first-order valence-electron chi connectivity index (χ1n) is 6.42. The molecule has 0 aliphatic carbocycles. The van der Waals surface area contributed by atoms with Crippen molar-refractivity contribution in [2.75, 3.05) is 26.2 Å². The number of nitrogens with one attached hydrogen (secondary N) is 2. The van der Waals surface area contributed by atoms with Gasteiger partial charge < -0.3 is 20.2 Å². The molecule has 0 aromatic carbocycles. The molecule has 2 N–H and O–H groups in total. The number of hydrogen-bond acceptors (Lipinski definition) is 6. The molecule has 11 heteroatoms. The number of nitrogens with zero attached hydrogens (tertiary/aromatic N) is 6. The average molecular weight is 341 g/mol. The largest absolute Gasteiger partial charge is 2.00 e. The van der Waals surface area contributed by atoms with Gasteiger partial charge in [-0.05, 0) is 25.7 Å². The predicted molar refractivity (Wildman–Crippen MR) is 73.5 cm³/mol. The van der Waals surface area contributed by atoms with Crippen LogP contribution in [0.2, 0.25) is 0 Å². The van der Waals surface area contributed by atoms with E-state index in [4.69, 9.17) is 10.8 Å². The van der Waals surface area contributed by atoms with Crippen molar-refractivity contribution in [3.63, 3.8) is 0 Å². The van der Waals surface area contributed by atoms with E-state index in [1.54, 1.807) is 9.80 Å². The van der Waals surface area contributed by atoms with Crippen LogP contribution in [0, 0.1) is 21.2 Å². The molecular weight excluding hydrogens is 323 g/mol. The van der Waals surface area contributed by atoms with E-state index in [9.17, 15) is 10.4 Å². The summed E-state index contributed by atoms with van der Waals surface area (Å²) in [6.45, 7) is 3.32. The normalized spacial score (nSPS) is 17.7. The van der Waals surface area contributed by atoms with Gasteiger partial charge in [0.05, 0.1) is 0 Å². The molecule has 2 fully saturated rings. The van der Waals surface area contributed by atoms with Gasteiger partial charge in [-0.25, -0.2) is 10.6 Å². The third-order valence-electron chi connectivity index (χ3n) is 3.08. The second kappa shape index (κ2) is 11.0. The van der Waals surface area contributed by atoms with E-state index >= 15 is 0 Å². The van der Waals surface area contributed by atoms with E-state index in [-0.39, 0.29) is 28.4 Å². The Morgan fingerprint density at radius 1 is 0.714 bits per heavy atom. The summed E-state index contributed by atoms with van der Waals surface area (Å²) in [7, 11) is 0. The van der Waals surface area contributed by atoms with Gasteiger partial charge in [-0.2, -0.15) is 0 Å². The van der Waals surface area contributed by atoms with E-state index in [1.165, 1.54) is 0 Å². The Labute approximate surface area is 132 Å². The van der Waals surface area contributed by atoms with Crippen LogP contribution in [0.15, 0.2) is 20.8 Å². The van der Waals surface area contributed by atoms with Gasteiger partial charge >= 0.3 is 16.5 Å². The Kier molecular flexibility index (Phi) is 10.0. The SMILES string of the molecule is N=C(/N=N/[O-])N1CCCC1.N=C(/N=N/[O-])N1CCCC1.[Ni+2]. The summed E-state index contributed by atoms with van der Waals surface area (Å²) in [6, 6.07) is 0. The maximum atomic E-state index is 9.59. The van der Waals surface area contributed by atoms with Crippen LogP contribution in [0.5, 0.6) is 0 Å². The molecule has 2 aliphatic rings. The first-order chi connectivity index (χ1) is 9.69. The number of likely N-dealkylation sites (tertiary alicyclic amines) is 2. The molecule has 0 saturated carbocycles. The van der Waals surface area contributed by atoms with Crippen LogP contribution < -0.4 is 0 Å². The molecule has 21 heavy (non-hydrogen) atoms. The standard InChI is InChI=1S/2C5H10N4O.Ni/c2*6-5(7-8-10)9-3-1-2-4-9;/h2*1-4H2,(H2,6,7,10);/q;;+2/p-2. The fourth-order valence-corrected chi connectivity index (χ4v) is 2.06. The molecule has 120 valence electrons. The molecule has 2 rings (SSSR count). The Morgan fingerprint density at radius 2 is 1.00 bits per heavy atom. The molecule has 0 bridgehead atoms. The molecule has 0 aromatic heterocycles. The zero-order valence-electron chi connectivity index (χ0n) is 11.5. The molecule has 0 unspecified atom stereocenters. The first-order valence-corrected chi connectivity index (χ1v) is 6.42. The quantitative estimate of drug-likeness (QED) is 0.227. The van der Waals surface area contributed by atoms with Gasteiger partial charge in [-0.1, -0.05) is 0 Å². The van der Waals surface area contributed by atoms with Gasteiger partial charge in [0, 0.05) is 26.2 Å².